The molecule has 10 heteroatoms. The van der Waals surface area contributed by atoms with Crippen molar-refractivity contribution in [2.75, 3.05) is 43.1 Å². The Bertz CT molecular complexity index is 1200. The summed E-state index contributed by atoms with van der Waals surface area (Å²) in [5.41, 5.74) is 1.11. The van der Waals surface area contributed by atoms with E-state index in [1.807, 2.05) is 24.3 Å². The number of hydrogen-bond donors (Lipinski definition) is 1. The maximum Gasteiger partial charge on any atom is 0.530 e. The third kappa shape index (κ3) is 21.8. The van der Waals surface area contributed by atoms with Gasteiger partial charge in [-0.05, 0) is 56.0 Å². The number of nitrogens with one attached hydrogen (secondary N) is 1. The summed E-state index contributed by atoms with van der Waals surface area (Å²) in [4.78, 5) is 19.8. The molecule has 0 radical (unpaired) electrons. The van der Waals surface area contributed by atoms with Gasteiger partial charge in [-0.2, -0.15) is 4.98 Å². The average molecular weight is 746 g/mol. The minimum atomic E-state index is -4.11. The van der Waals surface area contributed by atoms with Crippen LogP contribution in [0.5, 0.6) is 11.6 Å². The van der Waals surface area contributed by atoms with Crippen molar-refractivity contribution in [2.24, 2.45) is 0 Å². The van der Waals surface area contributed by atoms with Crippen molar-refractivity contribution >= 4 is 25.2 Å². The third-order valence-corrected chi connectivity index (χ3v) is 10.5. The van der Waals surface area contributed by atoms with Gasteiger partial charge in [0.15, 0.2) is 0 Å². The molecule has 9 nitrogen and oxygen atoms in total. The molecule has 0 spiro atoms. The maximum absolute atomic E-state index is 13.9. The maximum atomic E-state index is 13.9. The lowest BCUT2D eigenvalue weighted by atomic mass is 10.1. The summed E-state index contributed by atoms with van der Waals surface area (Å²) in [6.45, 7) is 11.2. The summed E-state index contributed by atoms with van der Waals surface area (Å²) in [5, 5.41) is 2.72. The first-order valence-corrected chi connectivity index (χ1v) is 22.2. The molecule has 0 bridgehead atoms. The zero-order valence-electron chi connectivity index (χ0n) is 33.2. The smallest absolute Gasteiger partial charge is 0.478 e. The number of pyridine rings is 1. The summed E-state index contributed by atoms with van der Waals surface area (Å²) < 4.78 is 37.0. The number of rotatable bonds is 34. The predicted molar refractivity (Wildman–Crippen MR) is 217 cm³/mol. The molecule has 296 valence electrons. The Morgan fingerprint density at radius 1 is 0.635 bits per heavy atom. The van der Waals surface area contributed by atoms with Gasteiger partial charge >= 0.3 is 7.82 Å². The highest BCUT2D eigenvalue weighted by molar-refractivity contribution is 7.49. The van der Waals surface area contributed by atoms with Crippen molar-refractivity contribution < 1.29 is 27.7 Å². The zero-order chi connectivity index (χ0) is 37.5. The van der Waals surface area contributed by atoms with Gasteiger partial charge in [-0.15, -0.1) is 0 Å². The van der Waals surface area contributed by atoms with E-state index in [4.69, 9.17) is 18.3 Å². The molecule has 2 rings (SSSR count). The van der Waals surface area contributed by atoms with E-state index in [1.165, 1.54) is 77.0 Å². The van der Waals surface area contributed by atoms with Crippen molar-refractivity contribution in [1.82, 2.24) is 4.98 Å². The number of aromatic nitrogens is 1. The molecule has 0 aliphatic carbocycles. The zero-order valence-corrected chi connectivity index (χ0v) is 34.1. The van der Waals surface area contributed by atoms with Crippen LogP contribution in [0.2, 0.25) is 0 Å². The van der Waals surface area contributed by atoms with Gasteiger partial charge in [-0.3, -0.25) is 13.8 Å². The van der Waals surface area contributed by atoms with Gasteiger partial charge in [0, 0.05) is 24.8 Å². The number of phosphoric ester groups is 1. The monoisotopic (exact) mass is 746 g/mol. The molecular weight excluding hydrogens is 673 g/mol. The van der Waals surface area contributed by atoms with Crippen LogP contribution in [-0.2, 0) is 18.4 Å². The second-order valence-corrected chi connectivity index (χ2v) is 15.5. The van der Waals surface area contributed by atoms with E-state index in [2.05, 4.69) is 42.9 Å². The van der Waals surface area contributed by atoms with E-state index in [-0.39, 0.29) is 6.61 Å². The van der Waals surface area contributed by atoms with E-state index in [9.17, 15) is 9.36 Å². The molecule has 0 saturated heterocycles. The van der Waals surface area contributed by atoms with E-state index in [0.717, 1.165) is 76.6 Å². The Hall–Kier alpha value is -2.61. The molecule has 1 aromatic carbocycles. The molecule has 0 saturated carbocycles. The van der Waals surface area contributed by atoms with Crippen LogP contribution in [0.15, 0.2) is 42.5 Å². The number of hydrogen-bond acceptors (Lipinski definition) is 8. The molecule has 1 aromatic heterocycles. The number of carbonyl (C=O) groups is 1. The van der Waals surface area contributed by atoms with E-state index >= 15 is 0 Å². The number of nitrogens with zero attached hydrogens (tertiary/aromatic N) is 2. The number of anilines is 2. The summed E-state index contributed by atoms with van der Waals surface area (Å²) >= 11 is 0. The molecule has 1 atom stereocenters. The average Bonchev–Trinajstić information content (AvgIpc) is 3.15. The fourth-order valence-electron chi connectivity index (χ4n) is 5.94. The molecule has 2 aromatic rings. The Balaban J connectivity index is 1.96. The molecule has 1 N–H and O–H groups in total. The first kappa shape index (κ1) is 45.5. The quantitative estimate of drug-likeness (QED) is 0.0558. The number of carbonyl (C=O) groups excluding carboxylic acids is 1. The number of phosphoric acid groups is 1. The van der Waals surface area contributed by atoms with E-state index < -0.39 is 20.3 Å². The SMILES string of the molecule is CCCCCCCCCCOc1cccc(NC(=O)COP(=O)(OCCCCCCC)Oc2ccc(N(CCCCCC)CCCCCC)cc2)n1. The minimum absolute atomic E-state index is 0.212. The van der Waals surface area contributed by atoms with Gasteiger partial charge < -0.3 is 19.5 Å². The number of amides is 1. The van der Waals surface area contributed by atoms with Crippen LogP contribution in [0.1, 0.15) is 163 Å². The summed E-state index contributed by atoms with van der Waals surface area (Å²) in [6.07, 6.45) is 24.5. The minimum Gasteiger partial charge on any atom is -0.478 e. The highest BCUT2D eigenvalue weighted by Gasteiger charge is 2.30. The Kier molecular flexibility index (Phi) is 26.1. The van der Waals surface area contributed by atoms with Crippen LogP contribution >= 0.6 is 7.82 Å². The first-order valence-electron chi connectivity index (χ1n) is 20.8. The van der Waals surface area contributed by atoms with Gasteiger partial charge in [-0.25, -0.2) is 4.57 Å². The van der Waals surface area contributed by atoms with Gasteiger partial charge in [0.05, 0.1) is 13.2 Å². The Labute approximate surface area is 316 Å². The predicted octanol–water partition coefficient (Wildman–Crippen LogP) is 12.7. The highest BCUT2D eigenvalue weighted by atomic mass is 31.2. The Morgan fingerprint density at radius 2 is 1.15 bits per heavy atom. The molecule has 1 heterocycles. The summed E-state index contributed by atoms with van der Waals surface area (Å²) in [6, 6.07) is 12.9. The molecule has 1 unspecified atom stereocenters. The Morgan fingerprint density at radius 3 is 1.73 bits per heavy atom. The van der Waals surface area contributed by atoms with E-state index in [0.29, 0.717) is 24.1 Å². The lowest BCUT2D eigenvalue weighted by molar-refractivity contribution is -0.118. The van der Waals surface area contributed by atoms with Crippen LogP contribution in [0, 0.1) is 0 Å². The first-order chi connectivity index (χ1) is 25.4. The fourth-order valence-corrected chi connectivity index (χ4v) is 7.13. The van der Waals surface area contributed by atoms with Crippen LogP contribution in [0.3, 0.4) is 0 Å². The molecule has 0 aliphatic heterocycles. The third-order valence-electron chi connectivity index (χ3n) is 9.07. The number of unbranched alkanes of at least 4 members (excludes halogenated alkanes) is 17. The standard InChI is InChI=1S/C42H72N3O6P/c1-5-9-13-17-18-19-21-24-35-48-42-28-26-27-40(44-42)43-41(46)37-50-52(47,49-36-25-20-14-10-6-2)51-39-31-29-38(30-32-39)45(33-22-15-11-7-3)34-23-16-12-8-4/h26-32H,5-25,33-37H2,1-4H3,(H,43,44,46). The second kappa shape index (κ2) is 29.8. The topological polar surface area (TPSA) is 99.2 Å². The molecule has 0 aliphatic rings. The summed E-state index contributed by atoms with van der Waals surface area (Å²) in [7, 11) is -4.11. The van der Waals surface area contributed by atoms with Crippen molar-refractivity contribution in [2.45, 2.75) is 163 Å². The fraction of sp³-hybridized carbons (Fsp3) is 0.714. The summed E-state index contributed by atoms with van der Waals surface area (Å²) in [5.74, 6) is 0.642. The lowest BCUT2D eigenvalue weighted by Crippen LogP contribution is -2.25. The molecule has 0 fully saturated rings. The van der Waals surface area contributed by atoms with Crippen molar-refractivity contribution in [3.63, 3.8) is 0 Å². The molecule has 1 amide bonds. The van der Waals surface area contributed by atoms with Crippen LogP contribution < -0.4 is 19.5 Å². The van der Waals surface area contributed by atoms with Crippen molar-refractivity contribution in [1.29, 1.82) is 0 Å². The van der Waals surface area contributed by atoms with Gasteiger partial charge in [0.1, 0.15) is 18.2 Å². The molecular formula is C42H72N3O6P. The van der Waals surface area contributed by atoms with Crippen molar-refractivity contribution in [3.05, 3.63) is 42.5 Å². The van der Waals surface area contributed by atoms with Gasteiger partial charge in [0.25, 0.3) is 5.91 Å². The highest BCUT2D eigenvalue weighted by Crippen LogP contribution is 2.50. The van der Waals surface area contributed by atoms with Crippen molar-refractivity contribution in [3.8, 4) is 11.6 Å². The van der Waals surface area contributed by atoms with Gasteiger partial charge in [0.2, 0.25) is 5.88 Å². The number of benzene rings is 1. The largest absolute Gasteiger partial charge is 0.530 e. The number of ether oxygens (including phenoxy) is 1. The van der Waals surface area contributed by atoms with Crippen LogP contribution in [-0.4, -0.2) is 43.8 Å². The normalized spacial score (nSPS) is 12.4. The van der Waals surface area contributed by atoms with Crippen LogP contribution in [0.25, 0.3) is 0 Å². The molecule has 52 heavy (non-hydrogen) atoms. The van der Waals surface area contributed by atoms with Gasteiger partial charge in [-0.1, -0.05) is 143 Å². The second-order valence-electron chi connectivity index (χ2n) is 13.9. The van der Waals surface area contributed by atoms with E-state index in [1.54, 1.807) is 18.2 Å². The lowest BCUT2D eigenvalue weighted by Gasteiger charge is -2.25. The van der Waals surface area contributed by atoms with Crippen LogP contribution in [0.4, 0.5) is 11.5 Å².